The molecule has 6 nitrogen and oxygen atoms in total. The van der Waals surface area contributed by atoms with Crippen molar-refractivity contribution in [3.05, 3.63) is 0 Å². The van der Waals surface area contributed by atoms with Crippen molar-refractivity contribution in [1.29, 1.82) is 0 Å². The number of hydrogen-bond acceptors (Lipinski definition) is 5. The molecule has 0 aliphatic heterocycles. The van der Waals surface area contributed by atoms with Crippen LogP contribution in [0, 0.1) is 0 Å². The molecular formula is C5H13NO5S. The van der Waals surface area contributed by atoms with Crippen LogP contribution in [0.1, 0.15) is 6.92 Å². The molecule has 0 rings (SSSR count). The number of aliphatic hydroxyl groups is 2. The third-order valence-corrected chi connectivity index (χ3v) is 1.89. The van der Waals surface area contributed by atoms with Crippen molar-refractivity contribution >= 4 is 10.1 Å². The van der Waals surface area contributed by atoms with Gasteiger partial charge in [0.2, 0.25) is 0 Å². The zero-order valence-corrected chi connectivity index (χ0v) is 7.50. The zero-order valence-electron chi connectivity index (χ0n) is 6.69. The van der Waals surface area contributed by atoms with E-state index in [4.69, 9.17) is 14.8 Å². The lowest BCUT2D eigenvalue weighted by Crippen LogP contribution is -2.50. The smallest absolute Gasteiger partial charge is 0.278 e. The van der Waals surface area contributed by atoms with E-state index in [9.17, 15) is 8.42 Å². The molecule has 0 aromatic heterocycles. The molecule has 0 atom stereocenters. The minimum absolute atomic E-state index is 0.418. The first kappa shape index (κ1) is 11.8. The molecule has 0 aliphatic rings. The Morgan fingerprint density at radius 3 is 2.00 bits per heavy atom. The Balaban J connectivity index is 4.07. The molecule has 7 heteroatoms. The molecule has 0 aliphatic carbocycles. The van der Waals surface area contributed by atoms with E-state index in [0.29, 0.717) is 0 Å². The maximum atomic E-state index is 10.2. The van der Waals surface area contributed by atoms with Gasteiger partial charge in [0.25, 0.3) is 10.1 Å². The molecule has 12 heavy (non-hydrogen) atoms. The van der Waals surface area contributed by atoms with E-state index in [-0.39, 0.29) is 0 Å². The highest BCUT2D eigenvalue weighted by Gasteiger charge is 2.23. The summed E-state index contributed by atoms with van der Waals surface area (Å²) in [6.07, 6.45) is 0. The second-order valence-electron chi connectivity index (χ2n) is 2.78. The van der Waals surface area contributed by atoms with Crippen molar-refractivity contribution in [2.24, 2.45) is 0 Å². The first-order valence-corrected chi connectivity index (χ1v) is 4.86. The maximum Gasteiger partial charge on any atom is 0.278 e. The van der Waals surface area contributed by atoms with Crippen molar-refractivity contribution in [1.82, 2.24) is 5.32 Å². The topological polar surface area (TPSA) is 107 Å². The first-order chi connectivity index (χ1) is 5.33. The average molecular weight is 199 g/mol. The predicted octanol–water partition coefficient (Wildman–Crippen LogP) is -1.84. The molecule has 0 bridgehead atoms. The fourth-order valence-electron chi connectivity index (χ4n) is 0.427. The van der Waals surface area contributed by atoms with Crippen LogP contribution in [0.3, 0.4) is 0 Å². The van der Waals surface area contributed by atoms with Crippen LogP contribution in [0.5, 0.6) is 0 Å². The fraction of sp³-hybridized carbons (Fsp3) is 1.00. The standard InChI is InChI=1S/C5H13NO5S/c1-5(2-7,3-8)6-4-12(9,10)11/h6-8H,2-4H2,1H3,(H,9,10,11). The average Bonchev–Trinajstić information content (AvgIpc) is 1.99. The Labute approximate surface area is 71.0 Å². The molecule has 4 N–H and O–H groups in total. The molecule has 0 aromatic rings. The Morgan fingerprint density at radius 2 is 1.75 bits per heavy atom. The van der Waals surface area contributed by atoms with E-state index in [2.05, 4.69) is 5.32 Å². The molecule has 0 fully saturated rings. The summed E-state index contributed by atoms with van der Waals surface area (Å²) in [5.41, 5.74) is -1.09. The number of nitrogens with one attached hydrogen (secondary N) is 1. The Hall–Kier alpha value is -0.210. The molecule has 0 saturated heterocycles. The van der Waals surface area contributed by atoms with Crippen molar-refractivity contribution in [3.8, 4) is 0 Å². The monoisotopic (exact) mass is 199 g/mol. The lowest BCUT2D eigenvalue weighted by molar-refractivity contribution is 0.108. The Bertz CT molecular complexity index is 220. The van der Waals surface area contributed by atoms with Crippen molar-refractivity contribution in [2.75, 3.05) is 19.1 Å². The van der Waals surface area contributed by atoms with Crippen molar-refractivity contribution < 1.29 is 23.2 Å². The Morgan fingerprint density at radius 1 is 1.33 bits per heavy atom. The number of rotatable bonds is 5. The Kier molecular flexibility index (Phi) is 4.08. The lowest BCUT2D eigenvalue weighted by Gasteiger charge is -2.25. The van der Waals surface area contributed by atoms with E-state index in [1.165, 1.54) is 6.92 Å². The third kappa shape index (κ3) is 4.62. The van der Waals surface area contributed by atoms with Gasteiger partial charge >= 0.3 is 0 Å². The van der Waals surface area contributed by atoms with Gasteiger partial charge in [0.05, 0.1) is 18.8 Å². The molecule has 0 amide bonds. The summed E-state index contributed by atoms with van der Waals surface area (Å²) in [6, 6.07) is 0. The summed E-state index contributed by atoms with van der Waals surface area (Å²) in [5.74, 6) is -0.690. The van der Waals surface area contributed by atoms with E-state index in [1.54, 1.807) is 0 Å². The molecule has 0 spiro atoms. The quantitative estimate of drug-likeness (QED) is 0.388. The van der Waals surface area contributed by atoms with E-state index in [0.717, 1.165) is 0 Å². The summed E-state index contributed by atoms with van der Waals surface area (Å²) in [7, 11) is -4.11. The molecule has 0 aromatic carbocycles. The van der Waals surface area contributed by atoms with Gasteiger partial charge in [0, 0.05) is 0 Å². The van der Waals surface area contributed by atoms with Crippen LogP contribution in [0.4, 0.5) is 0 Å². The molecule has 0 saturated carbocycles. The first-order valence-electron chi connectivity index (χ1n) is 3.25. The van der Waals surface area contributed by atoms with Gasteiger partial charge in [0.1, 0.15) is 5.88 Å². The van der Waals surface area contributed by atoms with Gasteiger partial charge in [-0.2, -0.15) is 8.42 Å². The summed E-state index contributed by atoms with van der Waals surface area (Å²) in [5, 5.41) is 19.7. The van der Waals surface area contributed by atoms with Gasteiger partial charge in [0.15, 0.2) is 0 Å². The van der Waals surface area contributed by atoms with Gasteiger partial charge in [-0.05, 0) is 6.92 Å². The molecule has 0 unspecified atom stereocenters. The normalized spacial score (nSPS) is 13.3. The van der Waals surface area contributed by atoms with Crippen molar-refractivity contribution in [3.63, 3.8) is 0 Å². The van der Waals surface area contributed by atoms with Crippen LogP contribution in [0.15, 0.2) is 0 Å². The fourth-order valence-corrected chi connectivity index (χ4v) is 0.958. The van der Waals surface area contributed by atoms with Crippen molar-refractivity contribution in [2.45, 2.75) is 12.5 Å². The second-order valence-corrected chi connectivity index (χ2v) is 4.23. The third-order valence-electron chi connectivity index (χ3n) is 1.38. The van der Waals surface area contributed by atoms with Gasteiger partial charge in [-0.1, -0.05) is 0 Å². The van der Waals surface area contributed by atoms with Crippen LogP contribution in [-0.4, -0.2) is 47.8 Å². The summed E-state index contributed by atoms with van der Waals surface area (Å²) < 4.78 is 28.8. The molecular weight excluding hydrogens is 186 g/mol. The molecule has 0 radical (unpaired) electrons. The minimum Gasteiger partial charge on any atom is -0.394 e. The summed E-state index contributed by atoms with van der Waals surface area (Å²) in [4.78, 5) is 0. The van der Waals surface area contributed by atoms with Gasteiger partial charge in [-0.3, -0.25) is 9.87 Å². The van der Waals surface area contributed by atoms with Crippen LogP contribution >= 0.6 is 0 Å². The molecule has 74 valence electrons. The van der Waals surface area contributed by atoms with Crippen LogP contribution < -0.4 is 5.32 Å². The van der Waals surface area contributed by atoms with Gasteiger partial charge in [-0.25, -0.2) is 0 Å². The van der Waals surface area contributed by atoms with Gasteiger partial charge < -0.3 is 10.2 Å². The summed E-state index contributed by atoms with van der Waals surface area (Å²) in [6.45, 7) is 0.593. The van der Waals surface area contributed by atoms with Crippen LogP contribution in [-0.2, 0) is 10.1 Å². The second kappa shape index (κ2) is 4.15. The number of aliphatic hydroxyl groups excluding tert-OH is 2. The SMILES string of the molecule is CC(CO)(CO)NCS(=O)(=O)O. The predicted molar refractivity (Wildman–Crippen MR) is 42.1 cm³/mol. The highest BCUT2D eigenvalue weighted by molar-refractivity contribution is 7.85. The summed E-state index contributed by atoms with van der Waals surface area (Å²) >= 11 is 0. The molecule has 0 heterocycles. The lowest BCUT2D eigenvalue weighted by atomic mass is 10.1. The van der Waals surface area contributed by atoms with E-state index < -0.39 is 34.7 Å². The van der Waals surface area contributed by atoms with Crippen LogP contribution in [0.25, 0.3) is 0 Å². The highest BCUT2D eigenvalue weighted by atomic mass is 32.2. The number of hydrogen-bond donors (Lipinski definition) is 4. The van der Waals surface area contributed by atoms with E-state index in [1.807, 2.05) is 0 Å². The van der Waals surface area contributed by atoms with E-state index >= 15 is 0 Å². The highest BCUT2D eigenvalue weighted by Crippen LogP contribution is 2.00. The van der Waals surface area contributed by atoms with Crippen LogP contribution in [0.2, 0.25) is 0 Å². The van der Waals surface area contributed by atoms with Gasteiger partial charge in [-0.15, -0.1) is 0 Å². The largest absolute Gasteiger partial charge is 0.394 e. The zero-order chi connectivity index (χ0) is 9.83. The minimum atomic E-state index is -4.11. The maximum absolute atomic E-state index is 10.2.